The van der Waals surface area contributed by atoms with Crippen LogP contribution in [0.5, 0.6) is 5.75 Å². The molecular weight excluding hydrogens is 529 g/mol. The summed E-state index contributed by atoms with van der Waals surface area (Å²) in [5.41, 5.74) is 0.500. The van der Waals surface area contributed by atoms with E-state index in [1.807, 2.05) is 42.5 Å². The summed E-state index contributed by atoms with van der Waals surface area (Å²) in [7, 11) is 0. The number of halogens is 3. The van der Waals surface area contributed by atoms with Gasteiger partial charge in [0.05, 0.1) is 29.0 Å². The second kappa shape index (κ2) is 11.5. The first kappa shape index (κ1) is 26.1. The van der Waals surface area contributed by atoms with E-state index in [0.29, 0.717) is 34.8 Å². The number of hydrogen-bond acceptors (Lipinski definition) is 6. The molecule has 0 fully saturated rings. The van der Waals surface area contributed by atoms with E-state index in [4.69, 9.17) is 9.15 Å². The summed E-state index contributed by atoms with van der Waals surface area (Å²) in [6.45, 7) is 0.415. The fourth-order valence-corrected chi connectivity index (χ4v) is 4.50. The topological polar surface area (TPSA) is 82.2 Å². The van der Waals surface area contributed by atoms with Crippen LogP contribution in [-0.4, -0.2) is 26.4 Å². The molecule has 11 heteroatoms. The van der Waals surface area contributed by atoms with Crippen LogP contribution in [0.1, 0.15) is 11.1 Å². The first-order valence-corrected chi connectivity index (χ1v) is 12.7. The van der Waals surface area contributed by atoms with E-state index in [9.17, 15) is 18.0 Å². The smallest absolute Gasteiger partial charge is 0.418 e. The number of nitrogens with zero attached hydrogens (tertiary/aromatic N) is 3. The van der Waals surface area contributed by atoms with Crippen molar-refractivity contribution in [2.24, 2.45) is 0 Å². The van der Waals surface area contributed by atoms with Crippen molar-refractivity contribution in [2.75, 3.05) is 11.1 Å². The highest BCUT2D eigenvalue weighted by atomic mass is 32.2. The van der Waals surface area contributed by atoms with Gasteiger partial charge in [0.15, 0.2) is 10.9 Å². The van der Waals surface area contributed by atoms with Crippen LogP contribution in [0, 0.1) is 0 Å². The van der Waals surface area contributed by atoms with Crippen LogP contribution in [0.4, 0.5) is 18.9 Å². The lowest BCUT2D eigenvalue weighted by Gasteiger charge is -2.13. The number of furan rings is 1. The number of amides is 1. The van der Waals surface area contributed by atoms with Gasteiger partial charge in [0.1, 0.15) is 12.4 Å². The van der Waals surface area contributed by atoms with Gasteiger partial charge >= 0.3 is 6.18 Å². The monoisotopic (exact) mass is 550 g/mol. The number of thioether (sulfide) groups is 1. The van der Waals surface area contributed by atoms with Gasteiger partial charge in [-0.1, -0.05) is 54.2 Å². The van der Waals surface area contributed by atoms with Crippen molar-refractivity contribution in [1.29, 1.82) is 0 Å². The Kier molecular flexibility index (Phi) is 7.69. The number of aromatic nitrogens is 3. The third-order valence-corrected chi connectivity index (χ3v) is 6.49. The molecule has 0 bridgehead atoms. The van der Waals surface area contributed by atoms with Crippen molar-refractivity contribution in [1.82, 2.24) is 14.8 Å². The lowest BCUT2D eigenvalue weighted by molar-refractivity contribution is -0.137. The molecule has 5 rings (SSSR count). The van der Waals surface area contributed by atoms with Crippen LogP contribution in [-0.2, 0) is 17.6 Å². The Hall–Kier alpha value is -4.51. The molecule has 198 valence electrons. The van der Waals surface area contributed by atoms with E-state index in [-0.39, 0.29) is 11.4 Å². The van der Waals surface area contributed by atoms with Gasteiger partial charge in [0.2, 0.25) is 11.7 Å². The van der Waals surface area contributed by atoms with Crippen LogP contribution in [0.15, 0.2) is 107 Å². The van der Waals surface area contributed by atoms with E-state index in [1.165, 1.54) is 24.5 Å². The van der Waals surface area contributed by atoms with Crippen LogP contribution in [0.25, 0.3) is 17.3 Å². The number of carbonyl (C=O) groups is 1. The van der Waals surface area contributed by atoms with E-state index in [2.05, 4.69) is 15.5 Å². The van der Waals surface area contributed by atoms with Crippen molar-refractivity contribution in [2.45, 2.75) is 17.9 Å². The molecule has 0 unspecified atom stereocenters. The number of alkyl halides is 3. The normalized spacial score (nSPS) is 11.4. The van der Waals surface area contributed by atoms with Crippen molar-refractivity contribution in [3.8, 4) is 23.0 Å². The molecule has 0 saturated heterocycles. The number of benzene rings is 3. The summed E-state index contributed by atoms with van der Waals surface area (Å²) in [4.78, 5) is 12.6. The fourth-order valence-electron chi connectivity index (χ4n) is 3.75. The van der Waals surface area contributed by atoms with Crippen molar-refractivity contribution < 1.29 is 27.1 Å². The maximum absolute atomic E-state index is 13.3. The quantitative estimate of drug-likeness (QED) is 0.202. The first-order valence-electron chi connectivity index (χ1n) is 11.7. The van der Waals surface area contributed by atoms with Gasteiger partial charge < -0.3 is 14.5 Å². The minimum atomic E-state index is -4.59. The van der Waals surface area contributed by atoms with Gasteiger partial charge in [-0.3, -0.25) is 9.36 Å². The lowest BCUT2D eigenvalue weighted by atomic mass is 10.1. The second-order valence-corrected chi connectivity index (χ2v) is 9.21. The molecular formula is C28H21F3N4O3S. The van der Waals surface area contributed by atoms with E-state index >= 15 is 0 Å². The third kappa shape index (κ3) is 6.32. The maximum Gasteiger partial charge on any atom is 0.418 e. The maximum atomic E-state index is 13.3. The molecule has 0 radical (unpaired) electrons. The summed E-state index contributed by atoms with van der Waals surface area (Å²) in [6.07, 6.45) is -3.08. The van der Waals surface area contributed by atoms with E-state index in [1.54, 1.807) is 28.8 Å². The molecule has 2 heterocycles. The second-order valence-electron chi connectivity index (χ2n) is 8.27. The molecule has 0 spiro atoms. The predicted octanol–water partition coefficient (Wildman–Crippen LogP) is 6.86. The summed E-state index contributed by atoms with van der Waals surface area (Å²) in [6, 6.07) is 25.3. The highest BCUT2D eigenvalue weighted by Crippen LogP contribution is 2.35. The Morgan fingerprint density at radius 3 is 2.38 bits per heavy atom. The Labute approximate surface area is 225 Å². The minimum Gasteiger partial charge on any atom is -0.489 e. The van der Waals surface area contributed by atoms with Crippen LogP contribution in [0.3, 0.4) is 0 Å². The zero-order valence-electron chi connectivity index (χ0n) is 20.3. The predicted molar refractivity (Wildman–Crippen MR) is 141 cm³/mol. The number of ether oxygens (including phenoxy) is 1. The molecule has 0 saturated carbocycles. The van der Waals surface area contributed by atoms with Gasteiger partial charge in [-0.25, -0.2) is 0 Å². The number of anilines is 1. The Balaban J connectivity index is 1.33. The number of carbonyl (C=O) groups excluding carboxylic acids is 1. The average molecular weight is 551 g/mol. The van der Waals surface area contributed by atoms with Crippen molar-refractivity contribution >= 4 is 23.4 Å². The molecule has 39 heavy (non-hydrogen) atoms. The zero-order chi connectivity index (χ0) is 27.2. The van der Waals surface area contributed by atoms with Crippen molar-refractivity contribution in [3.63, 3.8) is 0 Å². The highest BCUT2D eigenvalue weighted by molar-refractivity contribution is 7.99. The van der Waals surface area contributed by atoms with Gasteiger partial charge in [-0.15, -0.1) is 10.2 Å². The molecule has 1 N–H and O–H groups in total. The lowest BCUT2D eigenvalue weighted by Crippen LogP contribution is -2.18. The Morgan fingerprint density at radius 2 is 1.67 bits per heavy atom. The molecule has 2 aromatic heterocycles. The zero-order valence-corrected chi connectivity index (χ0v) is 21.1. The molecule has 0 aliphatic carbocycles. The van der Waals surface area contributed by atoms with Crippen molar-refractivity contribution in [3.05, 3.63) is 108 Å². The Morgan fingerprint density at radius 1 is 0.923 bits per heavy atom. The fraction of sp³-hybridized carbons (Fsp3) is 0.107. The van der Waals surface area contributed by atoms with Gasteiger partial charge in [-0.05, 0) is 54.1 Å². The first-order chi connectivity index (χ1) is 18.9. The average Bonchev–Trinajstić information content (AvgIpc) is 3.62. The third-order valence-electron chi connectivity index (χ3n) is 5.56. The number of para-hydroxylation sites is 1. The highest BCUT2D eigenvalue weighted by Gasteiger charge is 2.33. The molecule has 0 aliphatic rings. The molecule has 3 aromatic carbocycles. The summed E-state index contributed by atoms with van der Waals surface area (Å²) < 4.78 is 53.0. The number of nitrogens with one attached hydrogen (secondary N) is 1. The van der Waals surface area contributed by atoms with Crippen LogP contribution < -0.4 is 10.1 Å². The van der Waals surface area contributed by atoms with Crippen LogP contribution >= 0.6 is 11.8 Å². The minimum absolute atomic E-state index is 0.194. The van der Waals surface area contributed by atoms with E-state index in [0.717, 1.165) is 23.4 Å². The standard InChI is InChI=1S/C28H21F3N4O3S/c29-28(30,31)22-9-4-5-10-23(22)32-25(36)18-39-27-34-33-26(24-11-6-16-37-24)35(27)20-12-14-21(15-13-20)38-17-19-7-2-1-3-8-19/h1-16H,17-18H2,(H,32,36). The number of rotatable bonds is 9. The van der Waals surface area contributed by atoms with E-state index < -0.39 is 17.6 Å². The molecule has 1 amide bonds. The van der Waals surface area contributed by atoms with Gasteiger partial charge in [0, 0.05) is 0 Å². The molecule has 5 aromatic rings. The molecule has 0 aliphatic heterocycles. The summed E-state index contributed by atoms with van der Waals surface area (Å²) >= 11 is 1.04. The summed E-state index contributed by atoms with van der Waals surface area (Å²) in [5, 5.41) is 11.1. The van der Waals surface area contributed by atoms with Crippen LogP contribution in [0.2, 0.25) is 0 Å². The van der Waals surface area contributed by atoms with Gasteiger partial charge in [-0.2, -0.15) is 13.2 Å². The Bertz CT molecular complexity index is 1540. The largest absolute Gasteiger partial charge is 0.489 e. The summed E-state index contributed by atoms with van der Waals surface area (Å²) in [5.74, 6) is 0.717. The molecule has 7 nitrogen and oxygen atoms in total. The number of hydrogen-bond donors (Lipinski definition) is 1. The SMILES string of the molecule is O=C(CSc1nnc(-c2ccco2)n1-c1ccc(OCc2ccccc2)cc1)Nc1ccccc1C(F)(F)F. The van der Waals surface area contributed by atoms with Gasteiger partial charge in [0.25, 0.3) is 0 Å². The molecule has 0 atom stereocenters.